The summed E-state index contributed by atoms with van der Waals surface area (Å²) in [5.41, 5.74) is 33.8. The van der Waals surface area contributed by atoms with Crippen molar-refractivity contribution in [2.75, 3.05) is 0 Å². The van der Waals surface area contributed by atoms with Crippen LogP contribution in [0, 0.1) is 0 Å². The highest BCUT2D eigenvalue weighted by atomic mass is 15.1. The molecule has 10 heterocycles. The Bertz CT molecular complexity index is 9160. The van der Waals surface area contributed by atoms with Crippen LogP contribution in [0.4, 0.5) is 0 Å². The molecule has 0 bridgehead atoms. The van der Waals surface area contributed by atoms with E-state index in [0.717, 1.165) is 128 Å². The molecule has 0 fully saturated rings. The first-order chi connectivity index (χ1) is 63.8. The molecular formula is C118H80N12. The minimum atomic E-state index is -0.211. The third-order valence-electron chi connectivity index (χ3n) is 28.0. The Morgan fingerprint density at radius 3 is 1.12 bits per heavy atom. The van der Waals surface area contributed by atoms with E-state index in [9.17, 15) is 0 Å². The molecule has 0 atom stereocenters. The fraction of sp³-hybridized carbons (Fsp3) is 0.0763. The molecule has 130 heavy (non-hydrogen) atoms. The summed E-state index contributed by atoms with van der Waals surface area (Å²) >= 11 is 0. The van der Waals surface area contributed by atoms with Gasteiger partial charge >= 0.3 is 0 Å². The maximum Gasteiger partial charge on any atom is 0.162 e. The summed E-state index contributed by atoms with van der Waals surface area (Å²) in [6.45, 7) is 14.0. The van der Waals surface area contributed by atoms with Crippen molar-refractivity contribution in [2.24, 2.45) is 0 Å². The van der Waals surface area contributed by atoms with Crippen LogP contribution in [-0.2, 0) is 16.2 Å². The number of para-hydroxylation sites is 4. The number of aromatic nitrogens is 12. The third kappa shape index (κ3) is 10.8. The van der Waals surface area contributed by atoms with Crippen LogP contribution in [-0.4, -0.2) is 58.6 Å². The van der Waals surface area contributed by atoms with Gasteiger partial charge in [0.05, 0.1) is 77.4 Å². The van der Waals surface area contributed by atoms with Crippen molar-refractivity contribution in [3.8, 4) is 84.7 Å². The Hall–Kier alpha value is -16.6. The third-order valence-corrected chi connectivity index (χ3v) is 28.0. The molecule has 3 aliphatic carbocycles. The lowest BCUT2D eigenvalue weighted by Gasteiger charge is -2.23. The van der Waals surface area contributed by atoms with Gasteiger partial charge in [0.1, 0.15) is 11.6 Å². The van der Waals surface area contributed by atoms with Gasteiger partial charge in [-0.1, -0.05) is 308 Å². The van der Waals surface area contributed by atoms with Crippen molar-refractivity contribution < 1.29 is 0 Å². The molecule has 0 saturated carbocycles. The predicted octanol–water partition coefficient (Wildman–Crippen LogP) is 28.9. The predicted molar refractivity (Wildman–Crippen MR) is 534 cm³/mol. The summed E-state index contributed by atoms with van der Waals surface area (Å²) in [6.07, 6.45) is 7.64. The number of pyridine rings is 5. The van der Waals surface area contributed by atoms with Crippen LogP contribution >= 0.6 is 0 Å². The Morgan fingerprint density at radius 1 is 0.246 bits per heavy atom. The van der Waals surface area contributed by atoms with Crippen molar-refractivity contribution in [2.45, 2.75) is 57.8 Å². The first kappa shape index (κ1) is 74.8. The van der Waals surface area contributed by atoms with Crippen LogP contribution in [0.2, 0.25) is 0 Å². The molecule has 612 valence electrons. The topological polar surface area (TPSA) is 131 Å². The van der Waals surface area contributed by atoms with Gasteiger partial charge in [0.2, 0.25) is 0 Å². The summed E-state index contributed by atoms with van der Waals surface area (Å²) < 4.78 is 7.23. The standard InChI is InChI=1S/C44H30N4.C38H26N4.C36H24N4/c1-44(2)34-21-11-9-18-30(34)38-39(44)41-32(20-13-25-45-41)37-31-19-10-12-22-36(31)48(42(37)38)29-23-24-35-33(26-29)40(27-14-5-3-6-15-27)47-43(46-35)28-16-7-4-8-17-28;1-38(2)28-19-9-6-15-24(28)32-33(38)34-27(18-12-22-39-34)31-26-17-8-11-21-30(26)42(35(31)32)37-25-16-7-10-20-29(25)40-36(41-37)23-13-4-3-5-14-23;1-36(2)26-13-5-3-10-23(26)30-31(36)34-25(12-8-20-38-34)29-24-11-4-6-14-27(24)40(35(29)30)28-18-17-22-16-15-21-9-7-19-37-32(21)33(22)39-28/h3-26H,1-2H3;3-22H,1-2H3;3-20H,1-2H3. The molecular weight excluding hydrogens is 1590 g/mol. The smallest absolute Gasteiger partial charge is 0.162 e. The van der Waals surface area contributed by atoms with Crippen molar-refractivity contribution >= 4 is 142 Å². The molecule has 15 aromatic carbocycles. The van der Waals surface area contributed by atoms with E-state index >= 15 is 0 Å². The van der Waals surface area contributed by atoms with Gasteiger partial charge in [-0.25, -0.2) is 24.9 Å². The number of fused-ring (bicyclic) bond motifs is 35. The minimum absolute atomic E-state index is 0.190. The number of rotatable bonds is 6. The Balaban J connectivity index is 0.000000103. The fourth-order valence-corrected chi connectivity index (χ4v) is 22.4. The zero-order valence-electron chi connectivity index (χ0n) is 72.2. The second-order valence-electron chi connectivity index (χ2n) is 36.2. The monoisotopic (exact) mass is 1660 g/mol. The molecule has 0 N–H and O–H groups in total. The molecule has 12 heteroatoms. The molecule has 0 aliphatic heterocycles. The van der Waals surface area contributed by atoms with E-state index in [0.29, 0.717) is 0 Å². The van der Waals surface area contributed by atoms with Crippen LogP contribution in [0.25, 0.3) is 226 Å². The van der Waals surface area contributed by atoms with E-state index in [2.05, 4.69) is 359 Å². The lowest BCUT2D eigenvalue weighted by Crippen LogP contribution is -2.16. The van der Waals surface area contributed by atoms with E-state index in [1.807, 2.05) is 73.3 Å². The summed E-state index contributed by atoms with van der Waals surface area (Å²) in [4.78, 5) is 45.8. The molecule has 12 nitrogen and oxygen atoms in total. The van der Waals surface area contributed by atoms with Crippen LogP contribution in [0.15, 0.2) is 377 Å². The van der Waals surface area contributed by atoms with Gasteiger partial charge in [-0.05, 0) is 135 Å². The zero-order valence-corrected chi connectivity index (χ0v) is 72.2. The maximum atomic E-state index is 5.35. The van der Waals surface area contributed by atoms with Crippen molar-refractivity contribution in [3.63, 3.8) is 0 Å². The molecule has 0 spiro atoms. The first-order valence-corrected chi connectivity index (χ1v) is 44.6. The maximum absolute atomic E-state index is 5.35. The van der Waals surface area contributed by atoms with Gasteiger partial charge in [-0.2, -0.15) is 0 Å². The normalized spacial score (nSPS) is 13.6. The quantitative estimate of drug-likeness (QED) is 0.149. The number of hydrogen-bond donors (Lipinski definition) is 0. The fourth-order valence-electron chi connectivity index (χ4n) is 22.4. The van der Waals surface area contributed by atoms with Gasteiger partial charge in [0.25, 0.3) is 0 Å². The molecule has 28 rings (SSSR count). The van der Waals surface area contributed by atoms with Crippen LogP contribution in [0.5, 0.6) is 0 Å². The van der Waals surface area contributed by atoms with Crippen molar-refractivity contribution in [1.29, 1.82) is 0 Å². The molecule has 3 aliphatic rings. The van der Waals surface area contributed by atoms with Crippen LogP contribution in [0.1, 0.15) is 74.9 Å². The number of benzene rings is 15. The van der Waals surface area contributed by atoms with E-state index in [1.54, 1.807) is 0 Å². The summed E-state index contributed by atoms with van der Waals surface area (Å²) in [5, 5.41) is 15.0. The van der Waals surface area contributed by atoms with Crippen LogP contribution < -0.4 is 0 Å². The van der Waals surface area contributed by atoms with E-state index in [-0.39, 0.29) is 16.2 Å². The average Bonchev–Trinajstić information content (AvgIpc) is 1.53. The average molecular weight is 1670 g/mol. The molecule has 25 aromatic rings. The zero-order chi connectivity index (χ0) is 86.6. The number of nitrogens with zero attached hydrogens (tertiary/aromatic N) is 12. The lowest BCUT2D eigenvalue weighted by atomic mass is 9.81. The van der Waals surface area contributed by atoms with Crippen LogP contribution in [0.3, 0.4) is 0 Å². The van der Waals surface area contributed by atoms with Gasteiger partial charge < -0.3 is 4.57 Å². The highest BCUT2D eigenvalue weighted by Crippen LogP contribution is 2.60. The molecule has 0 amide bonds. The van der Waals surface area contributed by atoms with E-state index in [4.69, 9.17) is 44.9 Å². The van der Waals surface area contributed by atoms with Crippen molar-refractivity contribution in [3.05, 3.63) is 410 Å². The molecule has 0 saturated heterocycles. The Labute approximate surface area is 747 Å². The second kappa shape index (κ2) is 28.2. The minimum Gasteiger partial charge on any atom is -0.309 e. The largest absolute Gasteiger partial charge is 0.309 e. The van der Waals surface area contributed by atoms with Crippen molar-refractivity contribution in [1.82, 2.24) is 58.6 Å². The van der Waals surface area contributed by atoms with E-state index in [1.165, 1.54) is 132 Å². The molecule has 0 radical (unpaired) electrons. The number of hydrogen-bond acceptors (Lipinski definition) is 9. The first-order valence-electron chi connectivity index (χ1n) is 44.6. The summed E-state index contributed by atoms with van der Waals surface area (Å²) in [6, 6.07) is 124. The van der Waals surface area contributed by atoms with Gasteiger partial charge in [-0.15, -0.1) is 0 Å². The molecule has 0 unspecified atom stereocenters. The second-order valence-corrected chi connectivity index (χ2v) is 36.2. The lowest BCUT2D eigenvalue weighted by molar-refractivity contribution is 0.665. The Kier molecular flexibility index (Phi) is 16.2. The van der Waals surface area contributed by atoms with Gasteiger partial charge in [-0.3, -0.25) is 29.1 Å². The van der Waals surface area contributed by atoms with Gasteiger partial charge in [0.15, 0.2) is 11.6 Å². The Morgan fingerprint density at radius 2 is 0.615 bits per heavy atom. The van der Waals surface area contributed by atoms with Gasteiger partial charge in [0, 0.05) is 150 Å². The highest BCUT2D eigenvalue weighted by molar-refractivity contribution is 6.30. The van der Waals surface area contributed by atoms with E-state index < -0.39 is 0 Å². The SMILES string of the molecule is CC1(C)c2ccccc2-c2c1c1ncccc1c1c3ccccc3n(-c3ccc4ccc5cccnc5c4n3)c21.CC1(C)c2ccccc2-c2c1c1ncccc1c1c3ccccc3n(-c3ccc4nc(-c5ccccc5)nc(-c5ccccc5)c4c3)c21.CC1(C)c2ccccc2-c2c1c1ncccc1c1c3ccccc3n(-c3nc(-c4ccccc4)nc4ccccc34)c21. The molecule has 10 aromatic heterocycles. The summed E-state index contributed by atoms with van der Waals surface area (Å²) in [7, 11) is 0. The summed E-state index contributed by atoms with van der Waals surface area (Å²) in [5.74, 6) is 3.22. The highest BCUT2D eigenvalue weighted by Gasteiger charge is 2.44.